The van der Waals surface area contributed by atoms with Crippen LogP contribution in [0, 0.1) is 5.92 Å². The molecule has 0 bridgehead atoms. The van der Waals surface area contributed by atoms with Gasteiger partial charge in [-0.15, -0.1) is 11.8 Å². The quantitative estimate of drug-likeness (QED) is 0.471. The summed E-state index contributed by atoms with van der Waals surface area (Å²) in [5, 5.41) is 8.77. The smallest absolute Gasteiger partial charge is 0.212 e. The number of nitrogens with one attached hydrogen (secondary N) is 1. The molecule has 0 radical (unpaired) electrons. The first kappa shape index (κ1) is 17.3. The van der Waals surface area contributed by atoms with Crippen LogP contribution in [0.25, 0.3) is 0 Å². The minimum atomic E-state index is -3.26. The highest BCUT2D eigenvalue weighted by molar-refractivity contribution is 8.00. The molecule has 114 valence electrons. The molecule has 0 heterocycles. The second kappa shape index (κ2) is 8.51. The van der Waals surface area contributed by atoms with Gasteiger partial charge in [0.2, 0.25) is 10.0 Å². The molecule has 0 fully saturated rings. The zero-order valence-electron chi connectivity index (χ0n) is 11.6. The van der Waals surface area contributed by atoms with E-state index in [1.165, 1.54) is 11.8 Å². The lowest BCUT2D eigenvalue weighted by Crippen LogP contribution is -2.31. The van der Waals surface area contributed by atoms with Crippen molar-refractivity contribution >= 4 is 27.5 Å². The molecule has 1 aromatic carbocycles. The van der Waals surface area contributed by atoms with Crippen molar-refractivity contribution < 1.29 is 13.5 Å². The van der Waals surface area contributed by atoms with Gasteiger partial charge in [-0.2, -0.15) is 0 Å². The second-order valence-electron chi connectivity index (χ2n) is 4.71. The minimum Gasteiger partial charge on any atom is -0.399 e. The van der Waals surface area contributed by atoms with E-state index >= 15 is 0 Å². The molecular weight excluding hydrogens is 296 g/mol. The first-order valence-electron chi connectivity index (χ1n) is 6.49. The van der Waals surface area contributed by atoms with Crippen LogP contribution >= 0.6 is 11.8 Å². The molecule has 0 amide bonds. The van der Waals surface area contributed by atoms with E-state index in [2.05, 4.69) is 4.72 Å². The Morgan fingerprint density at radius 3 is 2.85 bits per heavy atom. The molecule has 0 saturated heterocycles. The van der Waals surface area contributed by atoms with Crippen LogP contribution in [0.2, 0.25) is 0 Å². The first-order valence-corrected chi connectivity index (χ1v) is 9.13. The Labute approximate surface area is 125 Å². The van der Waals surface area contributed by atoms with Crippen LogP contribution in [0.4, 0.5) is 5.69 Å². The van der Waals surface area contributed by atoms with Crippen LogP contribution in [0.1, 0.15) is 13.3 Å². The van der Waals surface area contributed by atoms with E-state index in [1.54, 1.807) is 6.07 Å². The Morgan fingerprint density at radius 1 is 1.45 bits per heavy atom. The van der Waals surface area contributed by atoms with E-state index < -0.39 is 10.0 Å². The number of aliphatic hydroxyl groups is 1. The van der Waals surface area contributed by atoms with E-state index in [0.29, 0.717) is 24.4 Å². The third-order valence-corrected chi connectivity index (χ3v) is 5.35. The predicted molar refractivity (Wildman–Crippen MR) is 84.2 cm³/mol. The van der Waals surface area contributed by atoms with Gasteiger partial charge in [0.15, 0.2) is 0 Å². The summed E-state index contributed by atoms with van der Waals surface area (Å²) in [6, 6.07) is 7.38. The molecule has 0 aromatic heterocycles. The highest BCUT2D eigenvalue weighted by atomic mass is 32.2. The molecule has 1 unspecified atom stereocenters. The number of hydrogen-bond acceptors (Lipinski definition) is 5. The average Bonchev–Trinajstić information content (AvgIpc) is 2.37. The molecule has 0 aliphatic heterocycles. The number of benzene rings is 1. The standard InChI is InChI=1S/C13H22N2O3S2/c1-11(5-6-16)10-15-20(17,18)8-7-19-13-4-2-3-12(14)9-13/h2-4,9,11,15-16H,5-8,10,14H2,1H3. The fourth-order valence-corrected chi connectivity index (χ4v) is 4.06. The third-order valence-electron chi connectivity index (χ3n) is 2.75. The average molecular weight is 318 g/mol. The number of sulfonamides is 1. The maximum atomic E-state index is 11.8. The number of thioether (sulfide) groups is 1. The predicted octanol–water partition coefficient (Wildman–Crippen LogP) is 1.30. The van der Waals surface area contributed by atoms with Crippen molar-refractivity contribution in [2.45, 2.75) is 18.2 Å². The van der Waals surface area contributed by atoms with Crippen molar-refractivity contribution in [3.8, 4) is 0 Å². The topological polar surface area (TPSA) is 92.4 Å². The van der Waals surface area contributed by atoms with Crippen molar-refractivity contribution in [2.24, 2.45) is 5.92 Å². The van der Waals surface area contributed by atoms with Crippen LogP contribution in [0.15, 0.2) is 29.2 Å². The Balaban J connectivity index is 2.32. The maximum Gasteiger partial charge on any atom is 0.212 e. The highest BCUT2D eigenvalue weighted by Gasteiger charge is 2.12. The molecule has 1 aromatic rings. The summed E-state index contributed by atoms with van der Waals surface area (Å²) in [5.41, 5.74) is 6.34. The SMILES string of the molecule is CC(CCO)CNS(=O)(=O)CCSc1cccc(N)c1. The molecule has 5 nitrogen and oxygen atoms in total. The summed E-state index contributed by atoms with van der Waals surface area (Å²) in [7, 11) is -3.26. The molecule has 4 N–H and O–H groups in total. The Hall–Kier alpha value is -0.760. The summed E-state index contributed by atoms with van der Waals surface area (Å²) >= 11 is 1.47. The summed E-state index contributed by atoms with van der Waals surface area (Å²) < 4.78 is 26.1. The number of hydrogen-bond donors (Lipinski definition) is 3. The minimum absolute atomic E-state index is 0.0678. The fourth-order valence-electron chi connectivity index (χ4n) is 1.54. The molecule has 0 aliphatic carbocycles. The monoisotopic (exact) mass is 318 g/mol. The fraction of sp³-hybridized carbons (Fsp3) is 0.538. The van der Waals surface area contributed by atoms with E-state index in [-0.39, 0.29) is 18.3 Å². The molecule has 1 atom stereocenters. The van der Waals surface area contributed by atoms with Crippen molar-refractivity contribution in [3.63, 3.8) is 0 Å². The number of aliphatic hydroxyl groups excluding tert-OH is 1. The van der Waals surface area contributed by atoms with E-state index in [9.17, 15) is 8.42 Å². The Kier molecular flexibility index (Phi) is 7.36. The number of nitrogen functional groups attached to an aromatic ring is 1. The zero-order valence-corrected chi connectivity index (χ0v) is 13.2. The summed E-state index contributed by atoms with van der Waals surface area (Å²) in [6.45, 7) is 2.35. The Bertz CT molecular complexity index is 506. The molecule has 1 rings (SSSR count). The summed E-state index contributed by atoms with van der Waals surface area (Å²) in [4.78, 5) is 0.967. The number of anilines is 1. The van der Waals surface area contributed by atoms with Crippen molar-refractivity contribution in [3.05, 3.63) is 24.3 Å². The van der Waals surface area contributed by atoms with Crippen molar-refractivity contribution in [1.82, 2.24) is 4.72 Å². The van der Waals surface area contributed by atoms with Gasteiger partial charge in [-0.05, 0) is 30.5 Å². The number of nitrogens with two attached hydrogens (primary N) is 1. The normalized spacial score (nSPS) is 13.3. The third kappa shape index (κ3) is 7.14. The Morgan fingerprint density at radius 2 is 2.20 bits per heavy atom. The molecule has 7 heteroatoms. The van der Waals surface area contributed by atoms with Gasteiger partial charge in [-0.3, -0.25) is 0 Å². The summed E-state index contributed by atoms with van der Waals surface area (Å²) in [6.07, 6.45) is 0.598. The van der Waals surface area contributed by atoms with Gasteiger partial charge in [0.1, 0.15) is 0 Å². The van der Waals surface area contributed by atoms with Gasteiger partial charge in [-0.1, -0.05) is 13.0 Å². The van der Waals surface area contributed by atoms with Gasteiger partial charge in [0.25, 0.3) is 0 Å². The second-order valence-corrected chi connectivity index (χ2v) is 7.80. The summed E-state index contributed by atoms with van der Waals surface area (Å²) in [5.74, 6) is 0.683. The zero-order chi connectivity index (χ0) is 15.0. The van der Waals surface area contributed by atoms with Crippen LogP contribution in [-0.2, 0) is 10.0 Å². The van der Waals surface area contributed by atoms with Crippen LogP contribution in [-0.4, -0.2) is 38.2 Å². The van der Waals surface area contributed by atoms with E-state index in [0.717, 1.165) is 4.90 Å². The largest absolute Gasteiger partial charge is 0.399 e. The highest BCUT2D eigenvalue weighted by Crippen LogP contribution is 2.20. The van der Waals surface area contributed by atoms with Gasteiger partial charge in [-0.25, -0.2) is 13.1 Å². The molecule has 0 spiro atoms. The number of rotatable bonds is 9. The molecular formula is C13H22N2O3S2. The maximum absolute atomic E-state index is 11.8. The molecule has 0 aliphatic rings. The molecule has 20 heavy (non-hydrogen) atoms. The van der Waals surface area contributed by atoms with Crippen molar-refractivity contribution in [2.75, 3.05) is 30.4 Å². The van der Waals surface area contributed by atoms with Gasteiger partial charge >= 0.3 is 0 Å². The lowest BCUT2D eigenvalue weighted by molar-refractivity contribution is 0.263. The van der Waals surface area contributed by atoms with Gasteiger partial charge < -0.3 is 10.8 Å². The van der Waals surface area contributed by atoms with Crippen molar-refractivity contribution in [1.29, 1.82) is 0 Å². The van der Waals surface area contributed by atoms with Crippen LogP contribution < -0.4 is 10.5 Å². The lowest BCUT2D eigenvalue weighted by Gasteiger charge is -2.11. The van der Waals surface area contributed by atoms with Gasteiger partial charge in [0.05, 0.1) is 5.75 Å². The van der Waals surface area contributed by atoms with E-state index in [4.69, 9.17) is 10.8 Å². The molecule has 0 saturated carbocycles. The first-order chi connectivity index (χ1) is 9.43. The van der Waals surface area contributed by atoms with Gasteiger partial charge in [0, 0.05) is 29.5 Å². The van der Waals surface area contributed by atoms with Crippen LogP contribution in [0.3, 0.4) is 0 Å². The van der Waals surface area contributed by atoms with Crippen LogP contribution in [0.5, 0.6) is 0 Å². The van der Waals surface area contributed by atoms with E-state index in [1.807, 2.05) is 25.1 Å². The lowest BCUT2D eigenvalue weighted by atomic mass is 10.1.